The van der Waals surface area contributed by atoms with Gasteiger partial charge < -0.3 is 15.7 Å². The summed E-state index contributed by atoms with van der Waals surface area (Å²) in [7, 11) is 0. The second-order valence-electron chi connectivity index (χ2n) is 6.81. The molecule has 0 aliphatic carbocycles. The van der Waals surface area contributed by atoms with Crippen molar-refractivity contribution in [3.05, 3.63) is 50.4 Å². The summed E-state index contributed by atoms with van der Waals surface area (Å²) in [5.41, 5.74) is 1.61. The maximum Gasteiger partial charge on any atom is 0.490 e. The SMILES string of the molecule is O=C(O)C(F)(F)F.O=c1[nH]c(NCc2ccc(Cl)c(Cl)c2)nc2cn(C3CCNC3)nc12. The van der Waals surface area contributed by atoms with E-state index < -0.39 is 12.1 Å². The van der Waals surface area contributed by atoms with Gasteiger partial charge in [-0.2, -0.15) is 18.3 Å². The predicted octanol–water partition coefficient (Wildman–Crippen LogP) is 3.21. The molecule has 1 aliphatic rings. The molecule has 1 unspecified atom stereocenters. The Kier molecular flexibility index (Phi) is 7.26. The highest BCUT2D eigenvalue weighted by molar-refractivity contribution is 6.42. The van der Waals surface area contributed by atoms with E-state index in [4.69, 9.17) is 33.1 Å². The molecule has 14 heteroatoms. The number of hydrogen-bond donors (Lipinski definition) is 4. The minimum atomic E-state index is -5.08. The first-order chi connectivity index (χ1) is 15.0. The maximum absolute atomic E-state index is 12.3. The van der Waals surface area contributed by atoms with Crippen molar-refractivity contribution in [2.75, 3.05) is 18.4 Å². The number of carboxylic acids is 1. The normalized spacial score (nSPS) is 16.0. The van der Waals surface area contributed by atoms with Gasteiger partial charge in [-0.1, -0.05) is 29.3 Å². The lowest BCUT2D eigenvalue weighted by atomic mass is 10.2. The molecule has 3 heterocycles. The highest BCUT2D eigenvalue weighted by Gasteiger charge is 2.38. The van der Waals surface area contributed by atoms with Crippen LogP contribution in [-0.4, -0.2) is 50.1 Å². The zero-order valence-electron chi connectivity index (χ0n) is 16.2. The summed E-state index contributed by atoms with van der Waals surface area (Å²) in [6.07, 6.45) is -2.26. The van der Waals surface area contributed by atoms with E-state index in [2.05, 4.69) is 25.7 Å². The monoisotopic (exact) mass is 492 g/mol. The van der Waals surface area contributed by atoms with Crippen LogP contribution in [0.2, 0.25) is 10.0 Å². The van der Waals surface area contributed by atoms with Crippen LogP contribution in [0.1, 0.15) is 18.0 Å². The van der Waals surface area contributed by atoms with E-state index in [1.165, 1.54) is 0 Å². The molecule has 0 spiro atoms. The molecule has 4 rings (SSSR count). The van der Waals surface area contributed by atoms with Gasteiger partial charge in [-0.25, -0.2) is 9.78 Å². The molecule has 0 radical (unpaired) electrons. The molecule has 0 amide bonds. The molecule has 1 aromatic carbocycles. The predicted molar refractivity (Wildman–Crippen MR) is 112 cm³/mol. The van der Waals surface area contributed by atoms with E-state index in [0.717, 1.165) is 25.1 Å². The van der Waals surface area contributed by atoms with Crippen LogP contribution < -0.4 is 16.2 Å². The van der Waals surface area contributed by atoms with Crippen molar-refractivity contribution in [1.82, 2.24) is 25.1 Å². The number of rotatable bonds is 4. The number of hydrogen-bond acceptors (Lipinski definition) is 6. The minimum absolute atomic E-state index is 0.258. The number of anilines is 1. The molecule has 9 nitrogen and oxygen atoms in total. The van der Waals surface area contributed by atoms with E-state index >= 15 is 0 Å². The van der Waals surface area contributed by atoms with E-state index in [1.54, 1.807) is 12.1 Å². The number of nitrogens with zero attached hydrogens (tertiary/aromatic N) is 3. The molecule has 1 fully saturated rings. The van der Waals surface area contributed by atoms with Crippen LogP contribution in [-0.2, 0) is 11.3 Å². The molecule has 1 aliphatic heterocycles. The Hall–Kier alpha value is -2.83. The number of halogens is 5. The largest absolute Gasteiger partial charge is 0.490 e. The van der Waals surface area contributed by atoms with Gasteiger partial charge in [0.1, 0.15) is 5.52 Å². The van der Waals surface area contributed by atoms with Crippen molar-refractivity contribution in [2.45, 2.75) is 25.2 Å². The summed E-state index contributed by atoms with van der Waals surface area (Å²) in [4.78, 5) is 28.3. The summed E-state index contributed by atoms with van der Waals surface area (Å²) in [6, 6.07) is 5.64. The Morgan fingerprint density at radius 3 is 2.62 bits per heavy atom. The second-order valence-corrected chi connectivity index (χ2v) is 7.62. The van der Waals surface area contributed by atoms with Crippen molar-refractivity contribution >= 4 is 46.2 Å². The lowest BCUT2D eigenvalue weighted by molar-refractivity contribution is -0.192. The quantitative estimate of drug-likeness (QED) is 0.440. The van der Waals surface area contributed by atoms with Crippen LogP contribution >= 0.6 is 23.2 Å². The second kappa shape index (κ2) is 9.76. The maximum atomic E-state index is 12.3. The summed E-state index contributed by atoms with van der Waals surface area (Å²) in [5, 5.41) is 18.9. The summed E-state index contributed by atoms with van der Waals surface area (Å²) < 4.78 is 33.6. The van der Waals surface area contributed by atoms with Gasteiger partial charge >= 0.3 is 12.1 Å². The Morgan fingerprint density at radius 2 is 2.03 bits per heavy atom. The molecule has 0 bridgehead atoms. The van der Waals surface area contributed by atoms with Crippen molar-refractivity contribution in [1.29, 1.82) is 0 Å². The van der Waals surface area contributed by atoms with Crippen molar-refractivity contribution in [3.8, 4) is 0 Å². The van der Waals surface area contributed by atoms with Crippen LogP contribution in [0.3, 0.4) is 0 Å². The van der Waals surface area contributed by atoms with Crippen LogP contribution in [0.15, 0.2) is 29.2 Å². The molecule has 1 saturated heterocycles. The number of fused-ring (bicyclic) bond motifs is 1. The third kappa shape index (κ3) is 5.90. The number of nitrogens with one attached hydrogen (secondary N) is 3. The molecule has 32 heavy (non-hydrogen) atoms. The molecular weight excluding hydrogens is 476 g/mol. The molecule has 4 N–H and O–H groups in total. The average Bonchev–Trinajstić information content (AvgIpc) is 3.38. The van der Waals surface area contributed by atoms with E-state index in [9.17, 15) is 18.0 Å². The van der Waals surface area contributed by atoms with Gasteiger partial charge in [0.25, 0.3) is 5.56 Å². The molecule has 3 aromatic rings. The van der Waals surface area contributed by atoms with E-state index in [-0.39, 0.29) is 11.6 Å². The number of benzene rings is 1. The topological polar surface area (TPSA) is 125 Å². The number of aliphatic carboxylic acids is 1. The number of carbonyl (C=O) groups is 1. The van der Waals surface area contributed by atoms with Gasteiger partial charge in [0.05, 0.1) is 22.3 Å². The Labute approximate surface area is 188 Å². The highest BCUT2D eigenvalue weighted by atomic mass is 35.5. The zero-order valence-corrected chi connectivity index (χ0v) is 17.7. The first-order valence-corrected chi connectivity index (χ1v) is 9.98. The van der Waals surface area contributed by atoms with E-state index in [1.807, 2.05) is 16.9 Å². The van der Waals surface area contributed by atoms with Crippen LogP contribution in [0.5, 0.6) is 0 Å². The van der Waals surface area contributed by atoms with Gasteiger partial charge in [0, 0.05) is 13.1 Å². The average molecular weight is 493 g/mol. The third-order valence-corrected chi connectivity index (χ3v) is 5.23. The van der Waals surface area contributed by atoms with Gasteiger partial charge in [-0.05, 0) is 30.7 Å². The van der Waals surface area contributed by atoms with Gasteiger partial charge in [-0.3, -0.25) is 14.5 Å². The van der Waals surface area contributed by atoms with Crippen LogP contribution in [0.4, 0.5) is 19.1 Å². The summed E-state index contributed by atoms with van der Waals surface area (Å²) >= 11 is 11.9. The van der Waals surface area contributed by atoms with Crippen LogP contribution in [0.25, 0.3) is 11.0 Å². The van der Waals surface area contributed by atoms with Gasteiger partial charge in [-0.15, -0.1) is 0 Å². The number of aromatic amines is 1. The Balaban J connectivity index is 0.000000360. The van der Waals surface area contributed by atoms with Crippen molar-refractivity contribution in [2.24, 2.45) is 0 Å². The fraction of sp³-hybridized carbons (Fsp3) is 0.333. The van der Waals surface area contributed by atoms with Crippen molar-refractivity contribution < 1.29 is 23.1 Å². The van der Waals surface area contributed by atoms with Gasteiger partial charge in [0.15, 0.2) is 5.52 Å². The van der Waals surface area contributed by atoms with E-state index in [0.29, 0.717) is 33.6 Å². The molecule has 172 valence electrons. The zero-order chi connectivity index (χ0) is 23.5. The fourth-order valence-corrected chi connectivity index (χ4v) is 3.23. The number of aromatic nitrogens is 4. The molecular formula is C18H17Cl2F3N6O3. The summed E-state index contributed by atoms with van der Waals surface area (Å²) in [6.45, 7) is 2.28. The Morgan fingerprint density at radius 1 is 1.31 bits per heavy atom. The fourth-order valence-electron chi connectivity index (χ4n) is 2.91. The third-order valence-electron chi connectivity index (χ3n) is 4.49. The summed E-state index contributed by atoms with van der Waals surface area (Å²) in [5.74, 6) is -2.36. The van der Waals surface area contributed by atoms with Crippen LogP contribution in [0, 0.1) is 0 Å². The minimum Gasteiger partial charge on any atom is -0.475 e. The van der Waals surface area contributed by atoms with Gasteiger partial charge in [0.2, 0.25) is 5.95 Å². The lowest BCUT2D eigenvalue weighted by Crippen LogP contribution is -2.21. The number of carboxylic acid groups (broad SMARTS) is 1. The molecule has 2 aromatic heterocycles. The Bertz CT molecular complexity index is 1170. The highest BCUT2D eigenvalue weighted by Crippen LogP contribution is 2.23. The molecule has 1 atom stereocenters. The first-order valence-electron chi connectivity index (χ1n) is 9.22. The molecule has 0 saturated carbocycles. The lowest BCUT2D eigenvalue weighted by Gasteiger charge is -2.06. The first kappa shape index (κ1) is 23.8. The van der Waals surface area contributed by atoms with Crippen molar-refractivity contribution in [3.63, 3.8) is 0 Å². The standard InChI is InChI=1S/C16H16Cl2N6O.C2HF3O2/c17-11-2-1-9(5-12(11)18)6-20-16-21-13-8-24(10-3-4-19-7-10)23-14(13)15(25)22-16;3-2(4,5)1(6)7/h1-2,5,8,10,19H,3-4,6-7H2,(H2,20,21,22,25);(H,6,7). The smallest absolute Gasteiger partial charge is 0.475 e. The number of H-pyrrole nitrogens is 1. The number of alkyl halides is 3.